The van der Waals surface area contributed by atoms with Gasteiger partial charge in [-0.25, -0.2) is 0 Å². The highest BCUT2D eigenvalue weighted by Crippen LogP contribution is 2.46. The van der Waals surface area contributed by atoms with Crippen LogP contribution in [0.25, 0.3) is 11.5 Å². The van der Waals surface area contributed by atoms with E-state index in [4.69, 9.17) is 4.52 Å². The van der Waals surface area contributed by atoms with Gasteiger partial charge in [0, 0.05) is 38.0 Å². The number of nitrogens with zero attached hydrogens (tertiary/aromatic N) is 4. The van der Waals surface area contributed by atoms with Gasteiger partial charge in [-0.15, -0.1) is 0 Å². The standard InChI is InChI=1S/C24H26N4O2/c1-16-8-6-7-11-20(16)23-21-14-27(12-19(21)13-28(23)17(2)29)15-22-25-24(30-26-22)18-9-4-3-5-10-18/h3-11,19,21,23H,12-15H2,1-2H3/t19-,21-,23+/m1/s1. The van der Waals surface area contributed by atoms with Gasteiger partial charge in [0.15, 0.2) is 5.82 Å². The summed E-state index contributed by atoms with van der Waals surface area (Å²) in [5, 5.41) is 4.19. The van der Waals surface area contributed by atoms with E-state index in [2.05, 4.69) is 51.1 Å². The molecular weight excluding hydrogens is 376 g/mol. The van der Waals surface area contributed by atoms with Crippen LogP contribution in [0.1, 0.15) is 29.9 Å². The summed E-state index contributed by atoms with van der Waals surface area (Å²) in [6, 6.07) is 18.4. The minimum atomic E-state index is 0.142. The van der Waals surface area contributed by atoms with Gasteiger partial charge in [-0.05, 0) is 36.1 Å². The van der Waals surface area contributed by atoms with Crippen LogP contribution in [-0.2, 0) is 11.3 Å². The molecule has 3 aromatic rings. The number of aryl methyl sites for hydroxylation is 1. The van der Waals surface area contributed by atoms with Crippen molar-refractivity contribution in [2.24, 2.45) is 11.8 Å². The van der Waals surface area contributed by atoms with Crippen molar-refractivity contribution >= 4 is 5.91 Å². The van der Waals surface area contributed by atoms with E-state index in [9.17, 15) is 4.79 Å². The van der Waals surface area contributed by atoms with Crippen molar-refractivity contribution < 1.29 is 9.32 Å². The van der Waals surface area contributed by atoms with Crippen molar-refractivity contribution in [2.75, 3.05) is 19.6 Å². The van der Waals surface area contributed by atoms with Crippen molar-refractivity contribution in [1.29, 1.82) is 0 Å². The van der Waals surface area contributed by atoms with Crippen molar-refractivity contribution in [3.63, 3.8) is 0 Å². The zero-order valence-corrected chi connectivity index (χ0v) is 17.4. The normalized spacial score (nSPS) is 23.7. The van der Waals surface area contributed by atoms with Crippen LogP contribution < -0.4 is 0 Å². The summed E-state index contributed by atoms with van der Waals surface area (Å²) in [4.78, 5) is 21.4. The zero-order valence-electron chi connectivity index (χ0n) is 17.4. The minimum Gasteiger partial charge on any atom is -0.335 e. The molecule has 3 heterocycles. The predicted octanol–water partition coefficient (Wildman–Crippen LogP) is 3.70. The quantitative estimate of drug-likeness (QED) is 0.666. The van der Waals surface area contributed by atoms with Gasteiger partial charge in [-0.2, -0.15) is 4.98 Å². The summed E-state index contributed by atoms with van der Waals surface area (Å²) in [5.74, 6) is 2.33. The van der Waals surface area contributed by atoms with E-state index in [-0.39, 0.29) is 11.9 Å². The van der Waals surface area contributed by atoms with E-state index in [1.165, 1.54) is 11.1 Å². The lowest BCUT2D eigenvalue weighted by molar-refractivity contribution is -0.130. The monoisotopic (exact) mass is 402 g/mol. The second kappa shape index (κ2) is 7.69. The van der Waals surface area contributed by atoms with Gasteiger partial charge in [0.05, 0.1) is 12.6 Å². The lowest BCUT2D eigenvalue weighted by Crippen LogP contribution is -2.34. The number of hydrogen-bond donors (Lipinski definition) is 0. The number of carbonyl (C=O) groups excluding carboxylic acids is 1. The number of benzene rings is 2. The fourth-order valence-electron chi connectivity index (χ4n) is 5.12. The SMILES string of the molecule is CC(=O)N1C[C@H]2CN(Cc3noc(-c4ccccc4)n3)C[C@H]2[C@@H]1c1ccccc1C. The highest BCUT2D eigenvalue weighted by atomic mass is 16.5. The van der Waals surface area contributed by atoms with E-state index in [1.54, 1.807) is 6.92 Å². The van der Waals surface area contributed by atoms with Crippen LogP contribution in [0.15, 0.2) is 59.1 Å². The third-order valence-electron chi connectivity index (χ3n) is 6.51. The molecule has 6 heteroatoms. The summed E-state index contributed by atoms with van der Waals surface area (Å²) in [5.41, 5.74) is 3.46. The van der Waals surface area contributed by atoms with Crippen LogP contribution in [0.5, 0.6) is 0 Å². The van der Waals surface area contributed by atoms with Gasteiger partial charge < -0.3 is 9.42 Å². The van der Waals surface area contributed by atoms with E-state index >= 15 is 0 Å². The first-order chi connectivity index (χ1) is 14.6. The molecule has 2 aromatic carbocycles. The lowest BCUT2D eigenvalue weighted by Gasteiger charge is -2.30. The fourth-order valence-corrected chi connectivity index (χ4v) is 5.12. The molecule has 6 nitrogen and oxygen atoms in total. The van der Waals surface area contributed by atoms with Crippen molar-refractivity contribution in [2.45, 2.75) is 26.4 Å². The third kappa shape index (κ3) is 3.41. The largest absolute Gasteiger partial charge is 0.335 e. The van der Waals surface area contributed by atoms with Crippen molar-refractivity contribution in [3.05, 3.63) is 71.5 Å². The van der Waals surface area contributed by atoms with Crippen LogP contribution in [-0.4, -0.2) is 45.5 Å². The molecule has 0 saturated carbocycles. The van der Waals surface area contributed by atoms with Crippen LogP contribution in [0.4, 0.5) is 0 Å². The highest BCUT2D eigenvalue weighted by Gasteiger charge is 2.48. The fraction of sp³-hybridized carbons (Fsp3) is 0.375. The first kappa shape index (κ1) is 19.0. The van der Waals surface area contributed by atoms with Crippen LogP contribution in [0, 0.1) is 18.8 Å². The summed E-state index contributed by atoms with van der Waals surface area (Å²) in [7, 11) is 0. The highest BCUT2D eigenvalue weighted by molar-refractivity contribution is 5.74. The molecular formula is C24H26N4O2. The molecule has 2 fully saturated rings. The summed E-state index contributed by atoms with van der Waals surface area (Å²) in [6.07, 6.45) is 0. The van der Waals surface area contributed by atoms with E-state index in [0.717, 1.165) is 25.2 Å². The van der Waals surface area contributed by atoms with Gasteiger partial charge in [0.2, 0.25) is 5.91 Å². The van der Waals surface area contributed by atoms with Gasteiger partial charge in [0.1, 0.15) is 0 Å². The molecule has 0 radical (unpaired) electrons. The Morgan fingerprint density at radius 1 is 1.07 bits per heavy atom. The van der Waals surface area contributed by atoms with Gasteiger partial charge in [0.25, 0.3) is 5.89 Å². The Hall–Kier alpha value is -2.99. The Bertz CT molecular complexity index is 1050. The average molecular weight is 402 g/mol. The number of rotatable bonds is 4. The average Bonchev–Trinajstić information content (AvgIpc) is 3.44. The molecule has 1 amide bonds. The Labute approximate surface area is 176 Å². The molecule has 2 aliphatic heterocycles. The Balaban J connectivity index is 1.33. The Morgan fingerprint density at radius 2 is 1.83 bits per heavy atom. The molecule has 0 spiro atoms. The molecule has 154 valence electrons. The number of amides is 1. The predicted molar refractivity (Wildman–Crippen MR) is 113 cm³/mol. The maximum atomic E-state index is 12.4. The first-order valence-corrected chi connectivity index (χ1v) is 10.5. The number of hydrogen-bond acceptors (Lipinski definition) is 5. The van der Waals surface area contributed by atoms with E-state index in [0.29, 0.717) is 30.1 Å². The minimum absolute atomic E-state index is 0.142. The van der Waals surface area contributed by atoms with Crippen molar-refractivity contribution in [3.8, 4) is 11.5 Å². The van der Waals surface area contributed by atoms with Crippen LogP contribution in [0.2, 0.25) is 0 Å². The Kier molecular flexibility index (Phi) is 4.87. The lowest BCUT2D eigenvalue weighted by atomic mass is 9.87. The molecule has 5 rings (SSSR count). The smallest absolute Gasteiger partial charge is 0.257 e. The Morgan fingerprint density at radius 3 is 2.60 bits per heavy atom. The van der Waals surface area contributed by atoms with Gasteiger partial charge in [-0.3, -0.25) is 9.69 Å². The van der Waals surface area contributed by atoms with E-state index in [1.807, 2.05) is 30.3 Å². The molecule has 1 aromatic heterocycles. The van der Waals surface area contributed by atoms with E-state index < -0.39 is 0 Å². The third-order valence-corrected chi connectivity index (χ3v) is 6.51. The summed E-state index contributed by atoms with van der Waals surface area (Å²) < 4.78 is 5.47. The molecule has 2 saturated heterocycles. The molecule has 0 bridgehead atoms. The summed E-state index contributed by atoms with van der Waals surface area (Å²) >= 11 is 0. The number of likely N-dealkylation sites (tertiary alicyclic amines) is 2. The second-order valence-electron chi connectivity index (χ2n) is 8.47. The molecule has 2 aliphatic rings. The van der Waals surface area contributed by atoms with Crippen molar-refractivity contribution in [1.82, 2.24) is 19.9 Å². The topological polar surface area (TPSA) is 62.5 Å². The summed E-state index contributed by atoms with van der Waals surface area (Å²) in [6.45, 7) is 7.20. The maximum absolute atomic E-state index is 12.4. The van der Waals surface area contributed by atoms with Gasteiger partial charge >= 0.3 is 0 Å². The maximum Gasteiger partial charge on any atom is 0.257 e. The molecule has 0 unspecified atom stereocenters. The number of carbonyl (C=O) groups is 1. The molecule has 0 aliphatic carbocycles. The van der Waals surface area contributed by atoms with Crippen LogP contribution in [0.3, 0.4) is 0 Å². The number of aromatic nitrogens is 2. The number of fused-ring (bicyclic) bond motifs is 1. The zero-order chi connectivity index (χ0) is 20.7. The first-order valence-electron chi connectivity index (χ1n) is 10.5. The van der Waals surface area contributed by atoms with Gasteiger partial charge in [-0.1, -0.05) is 47.6 Å². The molecule has 30 heavy (non-hydrogen) atoms. The second-order valence-corrected chi connectivity index (χ2v) is 8.47. The molecule has 0 N–H and O–H groups in total. The van der Waals surface area contributed by atoms with Crippen LogP contribution >= 0.6 is 0 Å². The molecule has 3 atom stereocenters.